The lowest BCUT2D eigenvalue weighted by Gasteiger charge is -2.39. The first-order valence-corrected chi connectivity index (χ1v) is 17.8. The normalized spacial score (nSPS) is 22.9. The third-order valence-corrected chi connectivity index (χ3v) is 8.18. The quantitative estimate of drug-likeness (QED) is 0.0437. The lowest BCUT2D eigenvalue weighted by atomic mass is 9.99. The number of rotatable bonds is 29. The summed E-state index contributed by atoms with van der Waals surface area (Å²) in [5, 5.41) is 39.8. The molecule has 0 saturated carbocycles. The van der Waals surface area contributed by atoms with Gasteiger partial charge in [0.1, 0.15) is 30.5 Å². The van der Waals surface area contributed by atoms with E-state index in [1.54, 1.807) is 0 Å². The number of ether oxygens (including phenoxy) is 4. The van der Waals surface area contributed by atoms with Crippen LogP contribution in [0.1, 0.15) is 142 Å². The van der Waals surface area contributed by atoms with Crippen LogP contribution in [0.25, 0.3) is 0 Å². The summed E-state index contributed by atoms with van der Waals surface area (Å²) in [4.78, 5) is 12.6. The van der Waals surface area contributed by atoms with Gasteiger partial charge >= 0.3 is 5.97 Å². The lowest BCUT2D eigenvalue weighted by molar-refractivity contribution is -0.305. The molecule has 1 aliphatic heterocycles. The summed E-state index contributed by atoms with van der Waals surface area (Å²) in [5.74, 6) is -0.325. The number of hydrogen-bond acceptors (Lipinski definition) is 9. The van der Waals surface area contributed by atoms with Crippen LogP contribution in [0.2, 0.25) is 0 Å². The van der Waals surface area contributed by atoms with Crippen molar-refractivity contribution in [2.24, 2.45) is 0 Å². The van der Waals surface area contributed by atoms with Gasteiger partial charge in [-0.05, 0) is 38.5 Å². The smallest absolute Gasteiger partial charge is 0.306 e. The van der Waals surface area contributed by atoms with Gasteiger partial charge in [0.05, 0.1) is 19.8 Å². The minimum absolute atomic E-state index is 0.113. The van der Waals surface area contributed by atoms with E-state index in [0.717, 1.165) is 44.9 Å². The summed E-state index contributed by atoms with van der Waals surface area (Å²) >= 11 is 0. The zero-order valence-electron chi connectivity index (χ0n) is 27.9. The van der Waals surface area contributed by atoms with Gasteiger partial charge in [0.15, 0.2) is 6.29 Å². The van der Waals surface area contributed by atoms with Crippen molar-refractivity contribution in [3.05, 3.63) is 12.2 Å². The number of carbonyl (C=O) groups is 1. The molecule has 6 unspecified atom stereocenters. The summed E-state index contributed by atoms with van der Waals surface area (Å²) in [5.41, 5.74) is 0. The van der Waals surface area contributed by atoms with Crippen molar-refractivity contribution < 1.29 is 44.2 Å². The fourth-order valence-electron chi connectivity index (χ4n) is 5.31. The van der Waals surface area contributed by atoms with E-state index in [-0.39, 0.29) is 19.2 Å². The Labute approximate surface area is 267 Å². The van der Waals surface area contributed by atoms with E-state index in [9.17, 15) is 25.2 Å². The van der Waals surface area contributed by atoms with Crippen LogP contribution in [0.3, 0.4) is 0 Å². The van der Waals surface area contributed by atoms with Crippen LogP contribution in [0.5, 0.6) is 0 Å². The van der Waals surface area contributed by atoms with Gasteiger partial charge in [0.2, 0.25) is 0 Å². The molecule has 0 aliphatic carbocycles. The van der Waals surface area contributed by atoms with Crippen LogP contribution in [0, 0.1) is 0 Å². The van der Waals surface area contributed by atoms with Gasteiger partial charge in [-0.2, -0.15) is 0 Å². The highest BCUT2D eigenvalue weighted by atomic mass is 16.7. The highest BCUT2D eigenvalue weighted by molar-refractivity contribution is 5.69. The average Bonchev–Trinajstić information content (AvgIpc) is 3.02. The van der Waals surface area contributed by atoms with E-state index in [0.29, 0.717) is 13.0 Å². The second-order valence-corrected chi connectivity index (χ2v) is 12.3. The fraction of sp³-hybridized carbons (Fsp3) is 0.914. The lowest BCUT2D eigenvalue weighted by Crippen LogP contribution is -2.59. The summed E-state index contributed by atoms with van der Waals surface area (Å²) in [6.45, 7) is 4.49. The number of aliphatic hydroxyl groups excluding tert-OH is 4. The summed E-state index contributed by atoms with van der Waals surface area (Å²) in [7, 11) is 0. The first-order chi connectivity index (χ1) is 21.4. The largest absolute Gasteiger partial charge is 0.457 e. The minimum atomic E-state index is -1.53. The van der Waals surface area contributed by atoms with Crippen molar-refractivity contribution in [2.45, 2.75) is 179 Å². The highest BCUT2D eigenvalue weighted by Crippen LogP contribution is 2.22. The SMILES string of the molecule is CCCCCC/C=C\CCCCCCCC(=O)OC(COCCCCCCCCCC)COC1OC(CO)C(O)C(O)C1O. The van der Waals surface area contributed by atoms with Crippen molar-refractivity contribution in [3.63, 3.8) is 0 Å². The van der Waals surface area contributed by atoms with Gasteiger partial charge in [-0.15, -0.1) is 0 Å². The summed E-state index contributed by atoms with van der Waals surface area (Å²) in [6, 6.07) is 0. The number of unbranched alkanes of at least 4 members (excludes halogenated alkanes) is 16. The molecule has 0 aromatic carbocycles. The maximum atomic E-state index is 12.6. The third-order valence-electron chi connectivity index (χ3n) is 8.18. The van der Waals surface area contributed by atoms with Crippen molar-refractivity contribution in [1.82, 2.24) is 0 Å². The van der Waals surface area contributed by atoms with Crippen molar-refractivity contribution in [2.75, 3.05) is 26.4 Å². The Hall–Kier alpha value is -1.07. The first kappa shape index (κ1) is 41.0. The maximum absolute atomic E-state index is 12.6. The van der Waals surface area contributed by atoms with E-state index in [1.807, 2.05) is 0 Å². The predicted molar refractivity (Wildman–Crippen MR) is 173 cm³/mol. The molecule has 0 bridgehead atoms. The molecule has 260 valence electrons. The minimum Gasteiger partial charge on any atom is -0.457 e. The molecule has 0 radical (unpaired) electrons. The third kappa shape index (κ3) is 20.1. The Kier molecular flexibility index (Phi) is 26.2. The Bertz CT molecular complexity index is 687. The van der Waals surface area contributed by atoms with E-state index in [4.69, 9.17) is 18.9 Å². The van der Waals surface area contributed by atoms with Gasteiger partial charge in [-0.1, -0.05) is 109 Å². The van der Waals surface area contributed by atoms with Crippen molar-refractivity contribution >= 4 is 5.97 Å². The monoisotopic (exact) mass is 630 g/mol. The number of allylic oxidation sites excluding steroid dienone is 2. The van der Waals surface area contributed by atoms with Crippen LogP contribution in [0.15, 0.2) is 12.2 Å². The molecule has 0 spiro atoms. The average molecular weight is 631 g/mol. The Balaban J connectivity index is 2.36. The van der Waals surface area contributed by atoms with E-state index >= 15 is 0 Å². The first-order valence-electron chi connectivity index (χ1n) is 17.8. The zero-order valence-corrected chi connectivity index (χ0v) is 27.9. The van der Waals surface area contributed by atoms with Crippen LogP contribution in [-0.2, 0) is 23.7 Å². The molecule has 1 heterocycles. The highest BCUT2D eigenvalue weighted by Gasteiger charge is 2.44. The topological polar surface area (TPSA) is 135 Å². The van der Waals surface area contributed by atoms with E-state index in [1.165, 1.54) is 77.0 Å². The van der Waals surface area contributed by atoms with Gasteiger partial charge < -0.3 is 39.4 Å². The Morgan fingerprint density at radius 1 is 0.705 bits per heavy atom. The molecule has 1 fully saturated rings. The molecule has 4 N–H and O–H groups in total. The molecule has 9 nitrogen and oxygen atoms in total. The van der Waals surface area contributed by atoms with E-state index in [2.05, 4.69) is 26.0 Å². The molecule has 0 aromatic rings. The van der Waals surface area contributed by atoms with Crippen LogP contribution in [-0.4, -0.2) is 89.6 Å². The van der Waals surface area contributed by atoms with Gasteiger partial charge in [0.25, 0.3) is 0 Å². The molecule has 1 aliphatic rings. The summed E-state index contributed by atoms with van der Waals surface area (Å²) < 4.78 is 22.6. The van der Waals surface area contributed by atoms with Gasteiger partial charge in [-0.3, -0.25) is 4.79 Å². The number of aliphatic hydroxyl groups is 4. The number of esters is 1. The molecule has 6 atom stereocenters. The van der Waals surface area contributed by atoms with Gasteiger partial charge in [0, 0.05) is 13.0 Å². The van der Waals surface area contributed by atoms with Crippen LogP contribution in [0.4, 0.5) is 0 Å². The van der Waals surface area contributed by atoms with E-state index < -0.39 is 43.4 Å². The number of carbonyl (C=O) groups excluding carboxylic acids is 1. The molecule has 0 aromatic heterocycles. The second kappa shape index (κ2) is 28.2. The molecule has 1 saturated heterocycles. The predicted octanol–water partition coefficient (Wildman–Crippen LogP) is 6.13. The fourth-order valence-corrected chi connectivity index (χ4v) is 5.31. The summed E-state index contributed by atoms with van der Waals surface area (Å²) in [6.07, 6.45) is 19.5. The molecule has 1 rings (SSSR count). The Morgan fingerprint density at radius 2 is 1.25 bits per heavy atom. The van der Waals surface area contributed by atoms with Crippen LogP contribution < -0.4 is 0 Å². The zero-order chi connectivity index (χ0) is 32.3. The van der Waals surface area contributed by atoms with Crippen molar-refractivity contribution in [1.29, 1.82) is 0 Å². The van der Waals surface area contributed by atoms with Crippen LogP contribution >= 0.6 is 0 Å². The molecule has 44 heavy (non-hydrogen) atoms. The second-order valence-electron chi connectivity index (χ2n) is 12.3. The molecule has 0 amide bonds. The number of hydrogen-bond donors (Lipinski definition) is 4. The molecule has 9 heteroatoms. The maximum Gasteiger partial charge on any atom is 0.306 e. The van der Waals surface area contributed by atoms with Crippen molar-refractivity contribution in [3.8, 4) is 0 Å². The molecular formula is C35H66O9. The molecular weight excluding hydrogens is 564 g/mol. The standard InChI is InChI=1S/C35H66O9/c1-3-5-7-9-11-13-14-15-16-17-18-20-22-24-31(37)43-29(27-41-25-23-21-19-12-10-8-6-4-2)28-42-35-34(40)33(39)32(38)30(26-36)44-35/h13-14,29-30,32-36,38-40H,3-12,15-28H2,1-2H3/b14-13-. The van der Waals surface area contributed by atoms with Gasteiger partial charge in [-0.25, -0.2) is 0 Å². The Morgan fingerprint density at radius 3 is 1.86 bits per heavy atom.